The summed E-state index contributed by atoms with van der Waals surface area (Å²) in [5.41, 5.74) is 5.64. The average Bonchev–Trinajstić information content (AvgIpc) is 3.09. The fraction of sp³-hybridized carbons (Fsp3) is 0.312. The van der Waals surface area contributed by atoms with Gasteiger partial charge in [0.05, 0.1) is 6.04 Å². The fourth-order valence-corrected chi connectivity index (χ4v) is 4.77. The van der Waals surface area contributed by atoms with E-state index in [1.54, 1.807) is 11.5 Å². The summed E-state index contributed by atoms with van der Waals surface area (Å²) in [7, 11) is 1.28. The predicted octanol–water partition coefficient (Wildman–Crippen LogP) is 0.391. The number of rotatable bonds is 7. The van der Waals surface area contributed by atoms with Gasteiger partial charge in [0.2, 0.25) is 0 Å². The number of fused-ring (bicyclic) bond motifs is 1. The number of aliphatic carboxylic acids is 1. The van der Waals surface area contributed by atoms with Crippen LogP contribution < -0.4 is 11.1 Å². The third-order valence-corrected chi connectivity index (χ3v) is 6.02. The first-order valence-corrected chi connectivity index (χ1v) is 9.92. The van der Waals surface area contributed by atoms with Gasteiger partial charge in [0.15, 0.2) is 10.8 Å². The summed E-state index contributed by atoms with van der Waals surface area (Å²) < 4.78 is 0. The lowest BCUT2D eigenvalue weighted by Gasteiger charge is -2.49. The molecule has 3 heterocycles. The van der Waals surface area contributed by atoms with Crippen LogP contribution in [0.5, 0.6) is 0 Å². The maximum absolute atomic E-state index is 12.6. The standard InChI is InChI=1S/C16H17N5O5S2/c1-3-4-9-12(15(24)25)21-8(6-27-9)11(14(21)23)19-13(22)10(20-26-2)7-5-28-16(17)18-7/h3,5,8,11H,1,4,6H2,2H3,(H2,17,18)(H,19,22)(H,24,25). The summed E-state index contributed by atoms with van der Waals surface area (Å²) in [6.45, 7) is 3.61. The van der Waals surface area contributed by atoms with E-state index in [1.807, 2.05) is 0 Å². The van der Waals surface area contributed by atoms with Crippen molar-refractivity contribution in [2.45, 2.75) is 18.5 Å². The van der Waals surface area contributed by atoms with Crippen LogP contribution in [0.15, 0.2) is 33.8 Å². The number of carboxylic acid groups (broad SMARTS) is 1. The van der Waals surface area contributed by atoms with E-state index in [1.165, 1.54) is 23.8 Å². The number of nitrogens with two attached hydrogens (primary N) is 1. The number of nitrogens with zero attached hydrogens (tertiary/aromatic N) is 3. The summed E-state index contributed by atoms with van der Waals surface area (Å²) in [6, 6.07) is -1.33. The van der Waals surface area contributed by atoms with Gasteiger partial charge in [-0.05, 0) is 6.42 Å². The van der Waals surface area contributed by atoms with E-state index in [0.29, 0.717) is 17.1 Å². The molecule has 10 nitrogen and oxygen atoms in total. The summed E-state index contributed by atoms with van der Waals surface area (Å²) in [6.07, 6.45) is 1.94. The Bertz CT molecular complexity index is 909. The lowest BCUT2D eigenvalue weighted by molar-refractivity contribution is -0.153. The number of hydrogen-bond donors (Lipinski definition) is 3. The average molecular weight is 423 g/mol. The molecule has 0 saturated carbocycles. The number of hydrogen-bond acceptors (Lipinski definition) is 9. The number of carbonyl (C=O) groups is 3. The van der Waals surface area contributed by atoms with Crippen molar-refractivity contribution in [3.63, 3.8) is 0 Å². The van der Waals surface area contributed by atoms with E-state index < -0.39 is 29.9 Å². The molecule has 148 valence electrons. The number of thiazole rings is 1. The van der Waals surface area contributed by atoms with Crippen LogP contribution in [0.1, 0.15) is 12.1 Å². The van der Waals surface area contributed by atoms with Crippen molar-refractivity contribution in [3.8, 4) is 0 Å². The van der Waals surface area contributed by atoms with E-state index in [2.05, 4.69) is 22.0 Å². The summed E-state index contributed by atoms with van der Waals surface area (Å²) in [5, 5.41) is 17.6. The molecule has 1 aromatic heterocycles. The zero-order chi connectivity index (χ0) is 20.4. The minimum Gasteiger partial charge on any atom is -0.477 e. The van der Waals surface area contributed by atoms with E-state index in [-0.39, 0.29) is 22.2 Å². The minimum absolute atomic E-state index is 0.0605. The van der Waals surface area contributed by atoms with Gasteiger partial charge in [-0.2, -0.15) is 0 Å². The first-order chi connectivity index (χ1) is 13.4. The van der Waals surface area contributed by atoms with Gasteiger partial charge in [0, 0.05) is 16.0 Å². The minimum atomic E-state index is -1.19. The molecule has 0 spiro atoms. The number of carboxylic acids is 1. The molecule has 4 N–H and O–H groups in total. The largest absolute Gasteiger partial charge is 0.477 e. The maximum atomic E-state index is 12.6. The number of nitrogens with one attached hydrogen (secondary N) is 1. The topological polar surface area (TPSA) is 147 Å². The van der Waals surface area contributed by atoms with Crippen molar-refractivity contribution >= 4 is 51.7 Å². The number of carbonyl (C=O) groups excluding carboxylic acids is 2. The highest BCUT2D eigenvalue weighted by molar-refractivity contribution is 8.03. The van der Waals surface area contributed by atoms with Gasteiger partial charge < -0.3 is 21.0 Å². The summed E-state index contributed by atoms with van der Waals surface area (Å²) in [5.74, 6) is -1.89. The molecule has 0 radical (unpaired) electrons. The van der Waals surface area contributed by atoms with Crippen LogP contribution in [0.4, 0.5) is 5.13 Å². The second-order valence-corrected chi connectivity index (χ2v) is 7.81. The first-order valence-electron chi connectivity index (χ1n) is 8.05. The molecule has 2 amide bonds. The van der Waals surface area contributed by atoms with Crippen LogP contribution in [0, 0.1) is 0 Å². The molecule has 1 aromatic rings. The number of nitrogen functional groups attached to an aromatic ring is 1. The van der Waals surface area contributed by atoms with Gasteiger partial charge in [0.1, 0.15) is 24.5 Å². The molecule has 2 aliphatic heterocycles. The predicted molar refractivity (Wildman–Crippen MR) is 105 cm³/mol. The van der Waals surface area contributed by atoms with Gasteiger partial charge >= 0.3 is 5.97 Å². The molecule has 1 fully saturated rings. The Labute approximate surface area is 168 Å². The van der Waals surface area contributed by atoms with Crippen molar-refractivity contribution in [2.75, 3.05) is 18.6 Å². The van der Waals surface area contributed by atoms with Crippen molar-refractivity contribution in [2.24, 2.45) is 5.16 Å². The molecule has 0 aliphatic carbocycles. The van der Waals surface area contributed by atoms with E-state index >= 15 is 0 Å². The molecule has 0 bridgehead atoms. The lowest BCUT2D eigenvalue weighted by Crippen LogP contribution is -2.73. The highest BCUT2D eigenvalue weighted by Gasteiger charge is 2.54. The highest BCUT2D eigenvalue weighted by atomic mass is 32.2. The fourth-order valence-electron chi connectivity index (χ4n) is 2.95. The molecule has 0 aromatic carbocycles. The van der Waals surface area contributed by atoms with Gasteiger partial charge in [-0.3, -0.25) is 14.5 Å². The Hall–Kier alpha value is -2.86. The van der Waals surface area contributed by atoms with Gasteiger partial charge in [0.25, 0.3) is 11.8 Å². The quantitative estimate of drug-likeness (QED) is 0.247. The van der Waals surface area contributed by atoms with Crippen molar-refractivity contribution < 1.29 is 24.3 Å². The molecule has 2 aliphatic rings. The van der Waals surface area contributed by atoms with Gasteiger partial charge in [-0.25, -0.2) is 9.78 Å². The highest BCUT2D eigenvalue weighted by Crippen LogP contribution is 2.40. The van der Waals surface area contributed by atoms with E-state index in [4.69, 9.17) is 10.6 Å². The Morgan fingerprint density at radius 3 is 2.93 bits per heavy atom. The number of β-lactam (4-membered cyclic amide) rings is 1. The van der Waals surface area contributed by atoms with Crippen molar-refractivity contribution in [1.82, 2.24) is 15.2 Å². The zero-order valence-electron chi connectivity index (χ0n) is 14.7. The second kappa shape index (κ2) is 8.02. The number of allylic oxidation sites excluding steroid dienone is 2. The third kappa shape index (κ3) is 3.47. The molecular weight excluding hydrogens is 406 g/mol. The third-order valence-electron chi connectivity index (χ3n) is 4.13. The first kappa shape index (κ1) is 19.9. The molecule has 3 rings (SSSR count). The van der Waals surface area contributed by atoms with Crippen LogP contribution in [0.25, 0.3) is 0 Å². The van der Waals surface area contributed by atoms with Crippen molar-refractivity contribution in [1.29, 1.82) is 0 Å². The molecule has 28 heavy (non-hydrogen) atoms. The van der Waals surface area contributed by atoms with Crippen LogP contribution in [0.3, 0.4) is 0 Å². The Kier molecular flexibility index (Phi) is 5.70. The number of oxime groups is 1. The Morgan fingerprint density at radius 2 is 2.36 bits per heavy atom. The van der Waals surface area contributed by atoms with Crippen molar-refractivity contribution in [3.05, 3.63) is 34.3 Å². The Balaban J connectivity index is 1.79. The van der Waals surface area contributed by atoms with Crippen LogP contribution in [-0.2, 0) is 19.2 Å². The Morgan fingerprint density at radius 1 is 1.61 bits per heavy atom. The van der Waals surface area contributed by atoms with Crippen LogP contribution in [0.2, 0.25) is 0 Å². The number of anilines is 1. The summed E-state index contributed by atoms with van der Waals surface area (Å²) in [4.78, 5) is 47.4. The van der Waals surface area contributed by atoms with Crippen LogP contribution in [-0.4, -0.2) is 63.4 Å². The smallest absolute Gasteiger partial charge is 0.353 e. The van der Waals surface area contributed by atoms with E-state index in [9.17, 15) is 19.5 Å². The van der Waals surface area contributed by atoms with Gasteiger partial charge in [-0.1, -0.05) is 11.2 Å². The summed E-state index contributed by atoms with van der Waals surface area (Å²) >= 11 is 2.47. The van der Waals surface area contributed by atoms with Gasteiger partial charge in [-0.15, -0.1) is 29.7 Å². The normalized spacial score (nSPS) is 21.7. The SMILES string of the molecule is C=CCC1=C(C(=O)O)N2C(=O)C(NC(=O)C(=NOC)c3csc(N)n3)C2CS1. The second-order valence-electron chi connectivity index (χ2n) is 5.80. The van der Waals surface area contributed by atoms with Crippen LogP contribution >= 0.6 is 23.1 Å². The molecule has 2 unspecified atom stereocenters. The monoisotopic (exact) mass is 423 g/mol. The molecule has 12 heteroatoms. The lowest BCUT2D eigenvalue weighted by atomic mass is 9.94. The number of aromatic nitrogens is 1. The number of amides is 2. The van der Waals surface area contributed by atoms with E-state index in [0.717, 1.165) is 11.3 Å². The zero-order valence-corrected chi connectivity index (χ0v) is 16.4. The maximum Gasteiger partial charge on any atom is 0.353 e. The molecule has 1 saturated heterocycles. The number of thioether (sulfide) groups is 1. The molecule has 2 atom stereocenters. The molecular formula is C16H17N5O5S2.